The molecule has 2 heterocycles. The summed E-state index contributed by atoms with van der Waals surface area (Å²) in [7, 11) is 0. The van der Waals surface area contributed by atoms with Crippen LogP contribution < -0.4 is 5.32 Å². The van der Waals surface area contributed by atoms with Crippen LogP contribution in [0.5, 0.6) is 0 Å². The van der Waals surface area contributed by atoms with Crippen molar-refractivity contribution in [3.05, 3.63) is 72.0 Å². The van der Waals surface area contributed by atoms with Crippen molar-refractivity contribution in [2.24, 2.45) is 0 Å². The molecule has 2 aromatic carbocycles. The van der Waals surface area contributed by atoms with Gasteiger partial charge in [-0.1, -0.05) is 18.6 Å². The van der Waals surface area contributed by atoms with Gasteiger partial charge in [0.1, 0.15) is 5.82 Å². The molecule has 1 aliphatic heterocycles. The van der Waals surface area contributed by atoms with E-state index in [4.69, 9.17) is 4.42 Å². The number of piperidine rings is 1. The first-order valence-corrected chi connectivity index (χ1v) is 10.9. The highest BCUT2D eigenvalue weighted by Gasteiger charge is 2.18. The van der Waals surface area contributed by atoms with Gasteiger partial charge in [-0.3, -0.25) is 9.69 Å². The third-order valence-electron chi connectivity index (χ3n) is 5.81. The van der Waals surface area contributed by atoms with Crippen molar-refractivity contribution in [3.63, 3.8) is 0 Å². The number of aryl methyl sites for hydroxylation is 1. The van der Waals surface area contributed by atoms with Gasteiger partial charge in [0.15, 0.2) is 11.7 Å². The molecule has 1 amide bonds. The number of amides is 1. The van der Waals surface area contributed by atoms with Crippen molar-refractivity contribution < 1.29 is 13.6 Å². The van der Waals surface area contributed by atoms with Crippen molar-refractivity contribution in [2.75, 3.05) is 11.9 Å². The van der Waals surface area contributed by atoms with Crippen LogP contribution in [-0.2, 0) is 17.8 Å². The van der Waals surface area contributed by atoms with Gasteiger partial charge in [0.05, 0.1) is 6.20 Å². The molecule has 162 valence electrons. The van der Waals surface area contributed by atoms with E-state index in [1.54, 1.807) is 18.3 Å². The predicted molar refractivity (Wildman–Crippen MR) is 119 cm³/mol. The number of hydrogen-bond donors (Lipinski definition) is 1. The molecule has 6 heteroatoms. The largest absolute Gasteiger partial charge is 0.441 e. The molecule has 4 rings (SSSR count). The van der Waals surface area contributed by atoms with Gasteiger partial charge in [-0.2, -0.15) is 0 Å². The molecule has 31 heavy (non-hydrogen) atoms. The minimum Gasteiger partial charge on any atom is -0.441 e. The molecule has 1 fully saturated rings. The summed E-state index contributed by atoms with van der Waals surface area (Å²) in [5.41, 5.74) is 2.81. The van der Waals surface area contributed by atoms with E-state index in [0.29, 0.717) is 24.1 Å². The molecular formula is C25H28FN3O2. The van der Waals surface area contributed by atoms with Gasteiger partial charge in [-0.15, -0.1) is 0 Å². The van der Waals surface area contributed by atoms with Crippen molar-refractivity contribution in [1.82, 2.24) is 9.88 Å². The van der Waals surface area contributed by atoms with E-state index in [1.165, 1.54) is 37.0 Å². The van der Waals surface area contributed by atoms with Crippen LogP contribution in [0.1, 0.15) is 44.1 Å². The van der Waals surface area contributed by atoms with Gasteiger partial charge in [0.2, 0.25) is 5.91 Å². The lowest BCUT2D eigenvalue weighted by Crippen LogP contribution is -2.36. The van der Waals surface area contributed by atoms with E-state index < -0.39 is 0 Å². The van der Waals surface area contributed by atoms with Gasteiger partial charge in [0, 0.05) is 36.7 Å². The predicted octanol–water partition coefficient (Wildman–Crippen LogP) is 5.43. The summed E-state index contributed by atoms with van der Waals surface area (Å²) >= 11 is 0. The Labute approximate surface area is 182 Å². The first-order chi connectivity index (χ1) is 15.1. The lowest BCUT2D eigenvalue weighted by Gasteiger charge is -2.33. The Balaban J connectivity index is 1.26. The van der Waals surface area contributed by atoms with E-state index >= 15 is 0 Å². The molecule has 0 radical (unpaired) electrons. The molecule has 0 aliphatic carbocycles. The fourth-order valence-corrected chi connectivity index (χ4v) is 3.94. The Morgan fingerprint density at radius 2 is 1.94 bits per heavy atom. The third kappa shape index (κ3) is 5.79. The van der Waals surface area contributed by atoms with Crippen molar-refractivity contribution in [2.45, 2.75) is 51.6 Å². The first-order valence-electron chi connectivity index (χ1n) is 10.9. The van der Waals surface area contributed by atoms with Crippen molar-refractivity contribution in [3.8, 4) is 11.3 Å². The second-order valence-electron chi connectivity index (χ2n) is 8.19. The summed E-state index contributed by atoms with van der Waals surface area (Å²) in [6.45, 7) is 4.41. The number of halogens is 1. The van der Waals surface area contributed by atoms with Crippen LogP contribution >= 0.6 is 0 Å². The number of hydrogen-bond acceptors (Lipinski definition) is 4. The molecule has 1 N–H and O–H groups in total. The molecule has 1 atom stereocenters. The van der Waals surface area contributed by atoms with E-state index in [1.807, 2.05) is 12.1 Å². The second kappa shape index (κ2) is 9.88. The fraction of sp³-hybridized carbons (Fsp3) is 0.360. The van der Waals surface area contributed by atoms with Crippen LogP contribution in [-0.4, -0.2) is 28.4 Å². The smallest absolute Gasteiger partial charge is 0.224 e. The number of nitrogens with one attached hydrogen (secondary N) is 1. The average Bonchev–Trinajstić information content (AvgIpc) is 3.25. The van der Waals surface area contributed by atoms with Gasteiger partial charge in [0.25, 0.3) is 0 Å². The van der Waals surface area contributed by atoms with Crippen LogP contribution in [0.15, 0.2) is 59.1 Å². The zero-order valence-corrected chi connectivity index (χ0v) is 17.8. The van der Waals surface area contributed by atoms with Crippen LogP contribution in [0.25, 0.3) is 11.3 Å². The maximum atomic E-state index is 13.0. The molecule has 1 saturated heterocycles. The molecule has 3 aromatic rings. The van der Waals surface area contributed by atoms with E-state index in [0.717, 1.165) is 24.3 Å². The number of aromatic nitrogens is 1. The molecular weight excluding hydrogens is 393 g/mol. The first kappa shape index (κ1) is 21.2. The van der Waals surface area contributed by atoms with Crippen molar-refractivity contribution >= 4 is 11.6 Å². The topological polar surface area (TPSA) is 58.4 Å². The minimum absolute atomic E-state index is 0.0843. The van der Waals surface area contributed by atoms with Crippen LogP contribution in [0.2, 0.25) is 0 Å². The SMILES string of the molecule is CC1CCCCN1Cc1ccc(NC(=O)CCc2ncc(-c3ccc(F)cc3)o2)cc1. The van der Waals surface area contributed by atoms with Crippen LogP contribution in [0, 0.1) is 5.82 Å². The van der Waals surface area contributed by atoms with Gasteiger partial charge in [-0.05, 0) is 68.3 Å². The van der Waals surface area contributed by atoms with Crippen LogP contribution in [0.4, 0.5) is 10.1 Å². The summed E-state index contributed by atoms with van der Waals surface area (Å²) in [5.74, 6) is 0.669. The summed E-state index contributed by atoms with van der Waals surface area (Å²) in [4.78, 5) is 19.1. The minimum atomic E-state index is -0.297. The lowest BCUT2D eigenvalue weighted by molar-refractivity contribution is -0.116. The normalized spacial score (nSPS) is 16.9. The average molecular weight is 422 g/mol. The van der Waals surface area contributed by atoms with E-state index in [2.05, 4.69) is 34.3 Å². The molecule has 1 aliphatic rings. The fourth-order valence-electron chi connectivity index (χ4n) is 3.94. The number of rotatable bonds is 7. The highest BCUT2D eigenvalue weighted by Crippen LogP contribution is 2.22. The van der Waals surface area contributed by atoms with Crippen molar-refractivity contribution in [1.29, 1.82) is 0 Å². The third-order valence-corrected chi connectivity index (χ3v) is 5.81. The Bertz CT molecular complexity index is 998. The molecule has 1 unspecified atom stereocenters. The number of oxazole rings is 1. The maximum absolute atomic E-state index is 13.0. The molecule has 5 nitrogen and oxygen atoms in total. The number of nitrogens with zero attached hydrogens (tertiary/aromatic N) is 2. The maximum Gasteiger partial charge on any atom is 0.224 e. The standard InChI is InChI=1S/C25H28FN3O2/c1-18-4-2-3-15-29(18)17-19-5-11-22(12-6-19)28-24(30)13-14-25-27-16-23(31-25)20-7-9-21(26)10-8-20/h5-12,16,18H,2-4,13-15,17H2,1H3,(H,28,30). The Hall–Kier alpha value is -2.99. The Morgan fingerprint density at radius 1 is 1.16 bits per heavy atom. The molecule has 0 spiro atoms. The summed E-state index contributed by atoms with van der Waals surface area (Å²) in [6.07, 6.45) is 6.14. The lowest BCUT2D eigenvalue weighted by atomic mass is 10.0. The van der Waals surface area contributed by atoms with Gasteiger partial charge < -0.3 is 9.73 Å². The Kier molecular flexibility index (Phi) is 6.77. The molecule has 0 bridgehead atoms. The van der Waals surface area contributed by atoms with Crippen LogP contribution in [0.3, 0.4) is 0 Å². The highest BCUT2D eigenvalue weighted by molar-refractivity contribution is 5.90. The zero-order valence-electron chi connectivity index (χ0n) is 17.8. The van der Waals surface area contributed by atoms with E-state index in [9.17, 15) is 9.18 Å². The zero-order chi connectivity index (χ0) is 21.6. The summed E-state index contributed by atoms with van der Waals surface area (Å²) < 4.78 is 18.7. The number of likely N-dealkylation sites (tertiary alicyclic amines) is 1. The molecule has 0 saturated carbocycles. The number of carbonyl (C=O) groups is 1. The van der Waals surface area contributed by atoms with Gasteiger partial charge >= 0.3 is 0 Å². The van der Waals surface area contributed by atoms with E-state index in [-0.39, 0.29) is 18.1 Å². The summed E-state index contributed by atoms with van der Waals surface area (Å²) in [6, 6.07) is 14.8. The highest BCUT2D eigenvalue weighted by atomic mass is 19.1. The number of anilines is 1. The second-order valence-corrected chi connectivity index (χ2v) is 8.19. The summed E-state index contributed by atoms with van der Waals surface area (Å²) in [5, 5.41) is 2.93. The van der Waals surface area contributed by atoms with Gasteiger partial charge in [-0.25, -0.2) is 9.37 Å². The quantitative estimate of drug-likeness (QED) is 0.553. The Morgan fingerprint density at radius 3 is 2.68 bits per heavy atom. The number of carbonyl (C=O) groups excluding carboxylic acids is 1. The number of benzene rings is 2. The molecule has 1 aromatic heterocycles. The monoisotopic (exact) mass is 421 g/mol.